The van der Waals surface area contributed by atoms with Crippen LogP contribution in [0.3, 0.4) is 0 Å². The van der Waals surface area contributed by atoms with Crippen molar-refractivity contribution in [1.29, 1.82) is 0 Å². The average molecular weight is 410 g/mol. The van der Waals surface area contributed by atoms with E-state index in [1.54, 1.807) is 21.9 Å². The predicted molar refractivity (Wildman–Crippen MR) is 112 cm³/mol. The van der Waals surface area contributed by atoms with E-state index in [0.29, 0.717) is 56.4 Å². The van der Waals surface area contributed by atoms with Gasteiger partial charge in [0.1, 0.15) is 5.76 Å². The van der Waals surface area contributed by atoms with Crippen LogP contribution in [0.15, 0.2) is 40.8 Å². The third-order valence-electron chi connectivity index (χ3n) is 5.52. The van der Waals surface area contributed by atoms with Crippen molar-refractivity contribution in [2.24, 2.45) is 0 Å². The van der Waals surface area contributed by atoms with Gasteiger partial charge in [-0.15, -0.1) is 0 Å². The highest BCUT2D eigenvalue weighted by atomic mass is 16.3. The highest BCUT2D eigenvalue weighted by molar-refractivity contribution is 6.02. The van der Waals surface area contributed by atoms with E-state index < -0.39 is 0 Å². The van der Waals surface area contributed by atoms with Crippen molar-refractivity contribution in [3.8, 4) is 0 Å². The molecule has 3 amide bonds. The van der Waals surface area contributed by atoms with Crippen LogP contribution in [0.2, 0.25) is 0 Å². The Hall–Kier alpha value is -3.13. The molecule has 2 fully saturated rings. The lowest BCUT2D eigenvalue weighted by Gasteiger charge is -2.33. The number of rotatable bonds is 5. The zero-order valence-electron chi connectivity index (χ0n) is 17.1. The van der Waals surface area contributed by atoms with Crippen LogP contribution in [0.4, 0.5) is 11.4 Å². The molecular formula is C22H26N4O4. The highest BCUT2D eigenvalue weighted by Crippen LogP contribution is 2.29. The summed E-state index contributed by atoms with van der Waals surface area (Å²) in [6.45, 7) is 5.05. The molecule has 0 unspecified atom stereocenters. The van der Waals surface area contributed by atoms with Gasteiger partial charge in [0.15, 0.2) is 5.76 Å². The SMILES string of the molecule is Cc1ccc(C(=O)N2CCN(CC(=O)Nc3ccccc3N3CCCC3=O)CC2)o1. The monoisotopic (exact) mass is 410 g/mol. The Bertz CT molecular complexity index is 946. The maximum Gasteiger partial charge on any atom is 0.289 e. The Kier molecular flexibility index (Phi) is 5.85. The molecule has 0 radical (unpaired) electrons. The fraction of sp³-hybridized carbons (Fsp3) is 0.409. The Balaban J connectivity index is 1.31. The molecule has 1 aromatic heterocycles. The van der Waals surface area contributed by atoms with Gasteiger partial charge in [0.2, 0.25) is 11.8 Å². The van der Waals surface area contributed by atoms with Crippen molar-refractivity contribution in [3.63, 3.8) is 0 Å². The quantitative estimate of drug-likeness (QED) is 0.816. The summed E-state index contributed by atoms with van der Waals surface area (Å²) in [6.07, 6.45) is 1.38. The van der Waals surface area contributed by atoms with Gasteiger partial charge in [-0.1, -0.05) is 12.1 Å². The normalized spacial score (nSPS) is 17.4. The van der Waals surface area contributed by atoms with Gasteiger partial charge in [-0.2, -0.15) is 0 Å². The van der Waals surface area contributed by atoms with Crippen LogP contribution in [0, 0.1) is 6.92 Å². The van der Waals surface area contributed by atoms with Crippen LogP contribution in [0.25, 0.3) is 0 Å². The maximum absolute atomic E-state index is 12.6. The van der Waals surface area contributed by atoms with E-state index in [2.05, 4.69) is 5.32 Å². The molecule has 4 rings (SSSR count). The molecule has 1 aromatic carbocycles. The van der Waals surface area contributed by atoms with E-state index in [1.807, 2.05) is 36.1 Å². The first-order valence-electron chi connectivity index (χ1n) is 10.3. The van der Waals surface area contributed by atoms with Gasteiger partial charge in [-0.25, -0.2) is 0 Å². The number of carbonyl (C=O) groups excluding carboxylic acids is 3. The number of piperazine rings is 1. The minimum Gasteiger partial charge on any atom is -0.456 e. The number of amides is 3. The molecule has 0 saturated carbocycles. The van der Waals surface area contributed by atoms with Gasteiger partial charge in [-0.05, 0) is 37.6 Å². The molecule has 2 saturated heterocycles. The molecule has 30 heavy (non-hydrogen) atoms. The first-order valence-corrected chi connectivity index (χ1v) is 10.3. The Morgan fingerprint density at radius 2 is 1.80 bits per heavy atom. The van der Waals surface area contributed by atoms with E-state index in [4.69, 9.17) is 4.42 Å². The summed E-state index contributed by atoms with van der Waals surface area (Å²) in [5, 5.41) is 2.95. The lowest BCUT2D eigenvalue weighted by Crippen LogP contribution is -2.50. The Morgan fingerprint density at radius 1 is 1.03 bits per heavy atom. The number of carbonyl (C=O) groups is 3. The van der Waals surface area contributed by atoms with Gasteiger partial charge in [0.25, 0.3) is 5.91 Å². The molecule has 8 heteroatoms. The van der Waals surface area contributed by atoms with Crippen LogP contribution >= 0.6 is 0 Å². The van der Waals surface area contributed by atoms with Crippen molar-refractivity contribution in [3.05, 3.63) is 47.9 Å². The number of aryl methyl sites for hydroxylation is 1. The van der Waals surface area contributed by atoms with Crippen LogP contribution in [-0.2, 0) is 9.59 Å². The molecule has 0 spiro atoms. The van der Waals surface area contributed by atoms with Gasteiger partial charge in [0, 0.05) is 39.1 Å². The summed E-state index contributed by atoms with van der Waals surface area (Å²) < 4.78 is 5.42. The molecule has 2 aliphatic heterocycles. The van der Waals surface area contributed by atoms with Crippen molar-refractivity contribution < 1.29 is 18.8 Å². The molecule has 0 aliphatic carbocycles. The van der Waals surface area contributed by atoms with Crippen LogP contribution in [0.5, 0.6) is 0 Å². The third-order valence-corrected chi connectivity index (χ3v) is 5.52. The molecule has 0 atom stereocenters. The van der Waals surface area contributed by atoms with Crippen molar-refractivity contribution in [2.45, 2.75) is 19.8 Å². The summed E-state index contributed by atoms with van der Waals surface area (Å²) >= 11 is 0. The first-order chi connectivity index (χ1) is 14.5. The molecule has 2 aromatic rings. The second-order valence-electron chi connectivity index (χ2n) is 7.69. The smallest absolute Gasteiger partial charge is 0.289 e. The third kappa shape index (κ3) is 4.38. The lowest BCUT2D eigenvalue weighted by atomic mass is 10.2. The number of hydrogen-bond acceptors (Lipinski definition) is 5. The highest BCUT2D eigenvalue weighted by Gasteiger charge is 2.26. The fourth-order valence-electron chi connectivity index (χ4n) is 3.92. The summed E-state index contributed by atoms with van der Waals surface area (Å²) in [5.74, 6) is 0.910. The molecule has 0 bridgehead atoms. The van der Waals surface area contributed by atoms with E-state index in [0.717, 1.165) is 12.1 Å². The molecule has 1 N–H and O–H groups in total. The largest absolute Gasteiger partial charge is 0.456 e. The van der Waals surface area contributed by atoms with E-state index in [9.17, 15) is 14.4 Å². The number of hydrogen-bond donors (Lipinski definition) is 1. The topological polar surface area (TPSA) is 86.1 Å². The van der Waals surface area contributed by atoms with E-state index in [1.165, 1.54) is 0 Å². The summed E-state index contributed by atoms with van der Waals surface area (Å²) in [7, 11) is 0. The Labute approximate surface area is 175 Å². The Morgan fingerprint density at radius 3 is 2.47 bits per heavy atom. The predicted octanol–water partition coefficient (Wildman–Crippen LogP) is 2.11. The number of para-hydroxylation sites is 2. The summed E-state index contributed by atoms with van der Waals surface area (Å²) in [5.41, 5.74) is 1.40. The lowest BCUT2D eigenvalue weighted by molar-refractivity contribution is -0.118. The fourth-order valence-corrected chi connectivity index (χ4v) is 3.92. The molecule has 158 valence electrons. The molecule has 2 aliphatic rings. The van der Waals surface area contributed by atoms with Crippen molar-refractivity contribution in [2.75, 3.05) is 49.5 Å². The zero-order chi connectivity index (χ0) is 21.1. The molecular weight excluding hydrogens is 384 g/mol. The van der Waals surface area contributed by atoms with Gasteiger partial charge in [-0.3, -0.25) is 19.3 Å². The zero-order valence-corrected chi connectivity index (χ0v) is 17.1. The number of furan rings is 1. The maximum atomic E-state index is 12.6. The van der Waals surface area contributed by atoms with Gasteiger partial charge >= 0.3 is 0 Å². The number of nitrogens with zero attached hydrogens (tertiary/aromatic N) is 3. The first kappa shape index (κ1) is 20.2. The minimum absolute atomic E-state index is 0.0873. The van der Waals surface area contributed by atoms with E-state index >= 15 is 0 Å². The van der Waals surface area contributed by atoms with E-state index in [-0.39, 0.29) is 24.3 Å². The average Bonchev–Trinajstić information content (AvgIpc) is 3.36. The summed E-state index contributed by atoms with van der Waals surface area (Å²) in [4.78, 5) is 42.7. The van der Waals surface area contributed by atoms with Gasteiger partial charge < -0.3 is 19.5 Å². The second kappa shape index (κ2) is 8.71. The number of nitrogens with one attached hydrogen (secondary N) is 1. The molecule has 3 heterocycles. The van der Waals surface area contributed by atoms with Crippen molar-refractivity contribution in [1.82, 2.24) is 9.80 Å². The van der Waals surface area contributed by atoms with Crippen LogP contribution < -0.4 is 10.2 Å². The standard InChI is InChI=1S/C22H26N4O4/c1-16-8-9-19(30-16)22(29)25-13-11-24(12-14-25)15-20(27)23-17-5-2-3-6-18(17)26-10-4-7-21(26)28/h2-3,5-6,8-9H,4,7,10-15H2,1H3,(H,23,27). The second-order valence-corrected chi connectivity index (χ2v) is 7.69. The van der Waals surface area contributed by atoms with Crippen molar-refractivity contribution >= 4 is 29.1 Å². The van der Waals surface area contributed by atoms with Crippen LogP contribution in [-0.4, -0.2) is 66.8 Å². The van der Waals surface area contributed by atoms with Crippen LogP contribution in [0.1, 0.15) is 29.2 Å². The summed E-state index contributed by atoms with van der Waals surface area (Å²) in [6, 6.07) is 10.9. The number of benzene rings is 1. The minimum atomic E-state index is -0.129. The molecule has 8 nitrogen and oxygen atoms in total. The number of anilines is 2. The van der Waals surface area contributed by atoms with Gasteiger partial charge in [0.05, 0.1) is 17.9 Å².